The van der Waals surface area contributed by atoms with Crippen molar-refractivity contribution < 1.29 is 9.53 Å². The van der Waals surface area contributed by atoms with Gasteiger partial charge in [0, 0.05) is 28.6 Å². The number of para-hydroxylation sites is 1. The summed E-state index contributed by atoms with van der Waals surface area (Å²) in [6, 6.07) is 24.8. The number of nitrogens with one attached hydrogen (secondary N) is 1. The predicted octanol–water partition coefficient (Wildman–Crippen LogP) is 5.93. The molecule has 8 heteroatoms. The highest BCUT2D eigenvalue weighted by molar-refractivity contribution is 7.99. The molecule has 0 saturated carbocycles. The van der Waals surface area contributed by atoms with Gasteiger partial charge in [-0.3, -0.25) is 9.36 Å². The number of aromatic nitrogens is 3. The van der Waals surface area contributed by atoms with Crippen LogP contribution in [0, 0.1) is 6.92 Å². The van der Waals surface area contributed by atoms with Crippen LogP contribution in [0.5, 0.6) is 5.75 Å². The Bertz CT molecular complexity index is 1200. The van der Waals surface area contributed by atoms with Crippen molar-refractivity contribution in [2.24, 2.45) is 0 Å². The van der Waals surface area contributed by atoms with Crippen LogP contribution in [0.1, 0.15) is 17.8 Å². The number of carbonyl (C=O) groups is 1. The lowest BCUT2D eigenvalue weighted by Crippen LogP contribution is -2.12. The zero-order valence-corrected chi connectivity index (χ0v) is 19.6. The molecule has 1 heterocycles. The summed E-state index contributed by atoms with van der Waals surface area (Å²) in [4.78, 5) is 12.3. The van der Waals surface area contributed by atoms with E-state index in [9.17, 15) is 4.79 Å². The molecular weight excluding hydrogens is 456 g/mol. The van der Waals surface area contributed by atoms with Gasteiger partial charge < -0.3 is 10.1 Å². The highest BCUT2D eigenvalue weighted by atomic mass is 35.5. The smallest absolute Gasteiger partial charge is 0.225 e. The summed E-state index contributed by atoms with van der Waals surface area (Å²) in [5.74, 6) is 1.90. The number of nitrogens with zero attached hydrogens (tertiary/aromatic N) is 3. The van der Waals surface area contributed by atoms with E-state index < -0.39 is 0 Å². The van der Waals surface area contributed by atoms with Crippen LogP contribution in [0.2, 0.25) is 5.02 Å². The van der Waals surface area contributed by atoms with Gasteiger partial charge in [0.1, 0.15) is 12.4 Å². The van der Waals surface area contributed by atoms with Gasteiger partial charge in [-0.2, -0.15) is 0 Å². The molecule has 4 aromatic rings. The first-order valence-electron chi connectivity index (χ1n) is 10.5. The van der Waals surface area contributed by atoms with Crippen LogP contribution in [0.15, 0.2) is 84.0 Å². The zero-order valence-electron chi connectivity index (χ0n) is 18.1. The van der Waals surface area contributed by atoms with E-state index in [1.807, 2.05) is 78.2 Å². The molecule has 0 aliphatic heterocycles. The number of halogens is 1. The molecule has 3 aromatic carbocycles. The zero-order chi connectivity index (χ0) is 23.0. The molecule has 0 radical (unpaired) electrons. The van der Waals surface area contributed by atoms with Crippen LogP contribution in [-0.4, -0.2) is 26.4 Å². The number of rotatable bonds is 9. The lowest BCUT2D eigenvalue weighted by Gasteiger charge is -2.11. The summed E-state index contributed by atoms with van der Waals surface area (Å²) in [6.07, 6.45) is 0.358. The highest BCUT2D eigenvalue weighted by Gasteiger charge is 2.16. The van der Waals surface area contributed by atoms with Gasteiger partial charge in [0.15, 0.2) is 11.0 Å². The Labute approximate surface area is 202 Å². The molecule has 0 saturated heterocycles. The predicted molar refractivity (Wildman–Crippen MR) is 132 cm³/mol. The van der Waals surface area contributed by atoms with E-state index in [2.05, 4.69) is 15.5 Å². The van der Waals surface area contributed by atoms with E-state index in [1.54, 1.807) is 12.1 Å². The summed E-state index contributed by atoms with van der Waals surface area (Å²) < 4.78 is 7.84. The third kappa shape index (κ3) is 6.37. The van der Waals surface area contributed by atoms with Gasteiger partial charge in [0.25, 0.3) is 0 Å². The minimum atomic E-state index is -0.0385. The number of benzene rings is 3. The molecule has 4 rings (SSSR count). The van der Waals surface area contributed by atoms with Crippen LogP contribution in [0.4, 0.5) is 5.69 Å². The van der Waals surface area contributed by atoms with Crippen molar-refractivity contribution in [1.82, 2.24) is 14.8 Å². The first-order valence-corrected chi connectivity index (χ1v) is 11.8. The van der Waals surface area contributed by atoms with E-state index in [0.717, 1.165) is 16.9 Å². The average Bonchev–Trinajstić information content (AvgIpc) is 3.23. The highest BCUT2D eigenvalue weighted by Crippen LogP contribution is 2.24. The second-order valence-electron chi connectivity index (χ2n) is 7.33. The van der Waals surface area contributed by atoms with Crippen LogP contribution in [0.25, 0.3) is 5.69 Å². The Morgan fingerprint density at radius 3 is 2.45 bits per heavy atom. The molecule has 0 spiro atoms. The van der Waals surface area contributed by atoms with Gasteiger partial charge in [-0.05, 0) is 55.5 Å². The summed E-state index contributed by atoms with van der Waals surface area (Å²) in [7, 11) is 0. The van der Waals surface area contributed by atoms with Gasteiger partial charge in [-0.15, -0.1) is 10.2 Å². The van der Waals surface area contributed by atoms with Gasteiger partial charge in [-0.1, -0.05) is 59.3 Å². The van der Waals surface area contributed by atoms with E-state index >= 15 is 0 Å². The van der Waals surface area contributed by atoms with Gasteiger partial charge in [-0.25, -0.2) is 0 Å². The van der Waals surface area contributed by atoms with Crippen molar-refractivity contribution >= 4 is 35.0 Å². The summed E-state index contributed by atoms with van der Waals surface area (Å²) in [5, 5.41) is 13.0. The normalized spacial score (nSPS) is 10.7. The molecule has 0 unspecified atom stereocenters. The topological polar surface area (TPSA) is 69.0 Å². The molecule has 1 aromatic heterocycles. The molecule has 0 bridgehead atoms. The average molecular weight is 479 g/mol. The third-order valence-electron chi connectivity index (χ3n) is 4.79. The molecule has 1 amide bonds. The van der Waals surface area contributed by atoms with Crippen LogP contribution < -0.4 is 10.1 Å². The van der Waals surface area contributed by atoms with Crippen molar-refractivity contribution in [3.05, 3.63) is 95.3 Å². The summed E-state index contributed by atoms with van der Waals surface area (Å²) in [5.41, 5.74) is 2.88. The van der Waals surface area contributed by atoms with E-state index in [1.165, 1.54) is 11.8 Å². The monoisotopic (exact) mass is 478 g/mol. The largest absolute Gasteiger partial charge is 0.486 e. The maximum Gasteiger partial charge on any atom is 0.225 e. The van der Waals surface area contributed by atoms with Crippen LogP contribution in [0.3, 0.4) is 0 Å². The fourth-order valence-corrected chi connectivity index (χ4v) is 4.13. The Morgan fingerprint density at radius 1 is 1.00 bits per heavy atom. The number of hydrogen-bond acceptors (Lipinski definition) is 5. The van der Waals surface area contributed by atoms with E-state index in [0.29, 0.717) is 33.9 Å². The van der Waals surface area contributed by atoms with Gasteiger partial charge in [0.2, 0.25) is 5.91 Å². The van der Waals surface area contributed by atoms with E-state index in [4.69, 9.17) is 16.3 Å². The quantitative estimate of drug-likeness (QED) is 0.302. The molecule has 0 fully saturated rings. The molecule has 0 aliphatic carbocycles. The standard InChI is InChI=1S/C25H23ClN4O2S/c1-18-7-11-20(12-8-18)27-24(31)15-16-33-25-29-28-23(30(25)21-5-3-2-4-6-21)17-32-22-13-9-19(26)10-14-22/h2-14H,15-17H2,1H3,(H,27,31). The van der Waals surface area contributed by atoms with Crippen molar-refractivity contribution in [3.63, 3.8) is 0 Å². The fraction of sp³-hybridized carbons (Fsp3) is 0.160. The van der Waals surface area contributed by atoms with Crippen molar-refractivity contribution in [3.8, 4) is 11.4 Å². The first-order chi connectivity index (χ1) is 16.1. The number of hydrogen-bond donors (Lipinski definition) is 1. The number of thioether (sulfide) groups is 1. The lowest BCUT2D eigenvalue weighted by atomic mass is 10.2. The maximum atomic E-state index is 12.3. The van der Waals surface area contributed by atoms with Crippen LogP contribution in [-0.2, 0) is 11.4 Å². The maximum absolute atomic E-state index is 12.3. The Kier molecular flexibility index (Phi) is 7.65. The Balaban J connectivity index is 1.42. The molecule has 168 valence electrons. The molecule has 33 heavy (non-hydrogen) atoms. The number of carbonyl (C=O) groups excluding carboxylic acids is 1. The third-order valence-corrected chi connectivity index (χ3v) is 5.97. The second-order valence-corrected chi connectivity index (χ2v) is 8.82. The number of aryl methyl sites for hydroxylation is 1. The number of ether oxygens (including phenoxy) is 1. The number of amides is 1. The van der Waals surface area contributed by atoms with Gasteiger partial charge in [0.05, 0.1) is 0 Å². The second kappa shape index (κ2) is 11.0. The molecule has 0 aliphatic rings. The molecule has 6 nitrogen and oxygen atoms in total. The minimum Gasteiger partial charge on any atom is -0.486 e. The van der Waals surface area contributed by atoms with Crippen LogP contribution >= 0.6 is 23.4 Å². The first kappa shape index (κ1) is 22.9. The molecule has 1 N–H and O–H groups in total. The fourth-order valence-electron chi connectivity index (χ4n) is 3.10. The summed E-state index contributed by atoms with van der Waals surface area (Å²) >= 11 is 7.43. The minimum absolute atomic E-state index is 0.0385. The van der Waals surface area contributed by atoms with Crippen molar-refractivity contribution in [2.75, 3.05) is 11.1 Å². The van der Waals surface area contributed by atoms with Crippen molar-refractivity contribution in [2.45, 2.75) is 25.1 Å². The molecule has 0 atom stereocenters. The molecular formula is C25H23ClN4O2S. The lowest BCUT2D eigenvalue weighted by molar-refractivity contribution is -0.115. The summed E-state index contributed by atoms with van der Waals surface area (Å²) in [6.45, 7) is 2.26. The Morgan fingerprint density at radius 2 is 1.73 bits per heavy atom. The van der Waals surface area contributed by atoms with E-state index in [-0.39, 0.29) is 12.5 Å². The SMILES string of the molecule is Cc1ccc(NC(=O)CCSc2nnc(COc3ccc(Cl)cc3)n2-c2ccccc2)cc1. The van der Waals surface area contributed by atoms with Gasteiger partial charge >= 0.3 is 0 Å². The van der Waals surface area contributed by atoms with Crippen molar-refractivity contribution in [1.29, 1.82) is 0 Å². The Hall–Kier alpha value is -3.29. The number of anilines is 1.